The second-order valence-electron chi connectivity index (χ2n) is 18.1. The number of piperidine rings is 4. The average Bonchev–Trinajstić information content (AvgIpc) is 3.88. The molecule has 0 radical (unpaired) electrons. The molecule has 4 fully saturated rings. The fourth-order valence-corrected chi connectivity index (χ4v) is 10.9. The monoisotopic (exact) mass is 938 g/mol. The van der Waals surface area contributed by atoms with Gasteiger partial charge >= 0.3 is 6.18 Å². The third kappa shape index (κ3) is 10.5. The number of carbonyl (C=O) groups excluding carboxylic acids is 4. The van der Waals surface area contributed by atoms with Gasteiger partial charge in [-0.05, 0) is 76.5 Å². The first kappa shape index (κ1) is 47.0. The lowest BCUT2D eigenvalue weighted by molar-refractivity contribution is -0.139. The number of alkyl halides is 3. The summed E-state index contributed by atoms with van der Waals surface area (Å²) in [5.74, 6) is 4.76. The number of ether oxygens (including phenoxy) is 1. The van der Waals surface area contributed by atoms with Crippen molar-refractivity contribution in [2.45, 2.75) is 108 Å². The molecule has 22 heteroatoms. The molecule has 2 aromatic heterocycles. The van der Waals surface area contributed by atoms with E-state index in [2.05, 4.69) is 37.5 Å². The highest BCUT2D eigenvalue weighted by Gasteiger charge is 2.41. The van der Waals surface area contributed by atoms with E-state index in [1.807, 2.05) is 11.0 Å². The SMILES string of the molecule is CC(C)(O)Cn1cc(-c2nc(NC3CCN(S(=O)(=O)N4CCC(C(=O)N5CCC(OCC#Cc6cccc7c6CN(C6CCC(=O)NC6=O)C7=O)CC5)CC4)CC3)ncc2C(F)(F)F)cn1. The molecule has 1 aromatic carbocycles. The Morgan fingerprint density at radius 1 is 0.970 bits per heavy atom. The predicted molar refractivity (Wildman–Crippen MR) is 231 cm³/mol. The summed E-state index contributed by atoms with van der Waals surface area (Å²) in [7, 11) is -3.82. The maximum absolute atomic E-state index is 14.0. The number of halogens is 3. The molecule has 0 spiro atoms. The topological polar surface area (TPSA) is 212 Å². The second kappa shape index (κ2) is 19.0. The normalized spacial score (nSPS) is 21.1. The smallest absolute Gasteiger partial charge is 0.389 e. The number of carbonyl (C=O) groups is 4. The predicted octanol–water partition coefficient (Wildman–Crippen LogP) is 2.78. The van der Waals surface area contributed by atoms with Crippen molar-refractivity contribution in [3.63, 3.8) is 0 Å². The van der Waals surface area contributed by atoms with E-state index in [0.29, 0.717) is 68.9 Å². The van der Waals surface area contributed by atoms with E-state index < -0.39 is 39.5 Å². The van der Waals surface area contributed by atoms with Gasteiger partial charge in [0.05, 0.1) is 30.1 Å². The number of hydrogen-bond donors (Lipinski definition) is 3. The van der Waals surface area contributed by atoms with Crippen LogP contribution in [-0.2, 0) is 48.6 Å². The summed E-state index contributed by atoms with van der Waals surface area (Å²) in [6, 6.07) is 4.28. The number of likely N-dealkylation sites (tertiary alicyclic amines) is 1. The van der Waals surface area contributed by atoms with E-state index in [-0.39, 0.29) is 112 Å². The molecule has 1 unspecified atom stereocenters. The standard InChI is InChI=1S/C44H53F3N10O8S/c1-43(2,62)27-54-25-30(23-49-54)38-35(44(45,46)47)24-48-42(52-38)50-31-12-20-56(21-13-31)66(63,64)55-18-10-29(11-19-55)40(60)53-16-14-32(15-17-53)65-22-4-6-28-5-3-7-33-34(28)26-57(41(33)61)36-8-9-37(58)51-39(36)59/h3,5,7,23-25,29,31-32,36,62H,8-22,26-27H2,1-2H3,(H,48,50,52)(H,51,58,59). The summed E-state index contributed by atoms with van der Waals surface area (Å²) < 4.78 is 79.5. The Bertz CT molecular complexity index is 2510. The molecule has 5 aliphatic heterocycles. The van der Waals surface area contributed by atoms with Crippen LogP contribution in [0, 0.1) is 17.8 Å². The zero-order valence-electron chi connectivity index (χ0n) is 36.7. The van der Waals surface area contributed by atoms with Crippen LogP contribution in [0.2, 0.25) is 0 Å². The molecule has 66 heavy (non-hydrogen) atoms. The van der Waals surface area contributed by atoms with E-state index in [1.54, 1.807) is 26.0 Å². The fourth-order valence-electron chi connectivity index (χ4n) is 9.25. The Morgan fingerprint density at radius 2 is 1.67 bits per heavy atom. The van der Waals surface area contributed by atoms with Gasteiger partial charge < -0.3 is 25.0 Å². The summed E-state index contributed by atoms with van der Waals surface area (Å²) in [6.07, 6.45) is 1.76. The van der Waals surface area contributed by atoms with Crippen LogP contribution in [0.4, 0.5) is 19.1 Å². The number of imide groups is 1. The van der Waals surface area contributed by atoms with Crippen molar-refractivity contribution < 1.29 is 50.6 Å². The molecule has 4 saturated heterocycles. The van der Waals surface area contributed by atoms with Gasteiger partial charge in [0.15, 0.2) is 0 Å². The van der Waals surface area contributed by atoms with Crippen molar-refractivity contribution in [3.05, 3.63) is 59.0 Å². The summed E-state index contributed by atoms with van der Waals surface area (Å²) in [6.45, 7) is 5.35. The molecule has 18 nitrogen and oxygen atoms in total. The summed E-state index contributed by atoms with van der Waals surface area (Å²) in [5.41, 5.74) is -0.531. The Hall–Kier alpha value is -5.47. The zero-order chi connectivity index (χ0) is 47.0. The zero-order valence-corrected chi connectivity index (χ0v) is 37.5. The minimum Gasteiger partial charge on any atom is -0.389 e. The molecule has 4 amide bonds. The Labute approximate surface area is 380 Å². The van der Waals surface area contributed by atoms with Gasteiger partial charge in [-0.2, -0.15) is 35.3 Å². The summed E-state index contributed by atoms with van der Waals surface area (Å²) in [4.78, 5) is 62.2. The quantitative estimate of drug-likeness (QED) is 0.187. The molecule has 8 rings (SSSR count). The first-order valence-corrected chi connectivity index (χ1v) is 23.6. The first-order valence-electron chi connectivity index (χ1n) is 22.2. The van der Waals surface area contributed by atoms with Crippen LogP contribution in [0.1, 0.15) is 92.3 Å². The van der Waals surface area contributed by atoms with Gasteiger partial charge in [-0.1, -0.05) is 17.9 Å². The summed E-state index contributed by atoms with van der Waals surface area (Å²) >= 11 is 0. The number of nitrogens with one attached hydrogen (secondary N) is 2. The highest BCUT2D eigenvalue weighted by atomic mass is 32.2. The fraction of sp³-hybridized carbons (Fsp3) is 0.568. The molecule has 7 heterocycles. The third-order valence-corrected chi connectivity index (χ3v) is 14.8. The van der Waals surface area contributed by atoms with Crippen molar-refractivity contribution >= 4 is 39.8 Å². The second-order valence-corrected chi connectivity index (χ2v) is 20.0. The number of anilines is 1. The van der Waals surface area contributed by atoms with Gasteiger partial charge in [0.1, 0.15) is 18.2 Å². The van der Waals surface area contributed by atoms with E-state index in [0.717, 1.165) is 5.56 Å². The van der Waals surface area contributed by atoms with Crippen LogP contribution < -0.4 is 10.6 Å². The number of aromatic nitrogens is 4. The van der Waals surface area contributed by atoms with Crippen LogP contribution in [-0.4, -0.2) is 145 Å². The molecule has 1 atom stereocenters. The van der Waals surface area contributed by atoms with Gasteiger partial charge in [0.2, 0.25) is 23.7 Å². The molecule has 0 saturated carbocycles. The Morgan fingerprint density at radius 3 is 2.33 bits per heavy atom. The molecule has 3 N–H and O–H groups in total. The van der Waals surface area contributed by atoms with Crippen molar-refractivity contribution in [1.29, 1.82) is 0 Å². The number of amides is 4. The Kier molecular flexibility index (Phi) is 13.6. The van der Waals surface area contributed by atoms with Crippen LogP contribution in [0.15, 0.2) is 36.8 Å². The van der Waals surface area contributed by atoms with Crippen molar-refractivity contribution in [2.24, 2.45) is 5.92 Å². The molecule has 0 aliphatic carbocycles. The van der Waals surface area contributed by atoms with Crippen LogP contribution >= 0.6 is 0 Å². The minimum atomic E-state index is -4.73. The average molecular weight is 939 g/mol. The molecule has 3 aromatic rings. The van der Waals surface area contributed by atoms with E-state index in [4.69, 9.17) is 4.74 Å². The van der Waals surface area contributed by atoms with Gasteiger partial charge in [0.25, 0.3) is 16.1 Å². The van der Waals surface area contributed by atoms with Gasteiger partial charge in [-0.15, -0.1) is 0 Å². The highest BCUT2D eigenvalue weighted by Crippen LogP contribution is 2.37. The number of fused-ring (bicyclic) bond motifs is 1. The van der Waals surface area contributed by atoms with Crippen LogP contribution in [0.25, 0.3) is 11.3 Å². The maximum Gasteiger partial charge on any atom is 0.419 e. The minimum absolute atomic E-state index is 0.00703. The van der Waals surface area contributed by atoms with Crippen molar-refractivity contribution in [1.82, 2.24) is 43.5 Å². The van der Waals surface area contributed by atoms with E-state index in [1.165, 1.54) is 30.6 Å². The number of hydrogen-bond acceptors (Lipinski definition) is 12. The van der Waals surface area contributed by atoms with Gasteiger partial charge in [-0.25, -0.2) is 9.97 Å². The lowest BCUT2D eigenvalue weighted by Crippen LogP contribution is -2.52. The van der Waals surface area contributed by atoms with Gasteiger partial charge in [0, 0.05) is 93.3 Å². The number of rotatable bonds is 11. The third-order valence-electron chi connectivity index (χ3n) is 12.7. The van der Waals surface area contributed by atoms with E-state index >= 15 is 0 Å². The largest absolute Gasteiger partial charge is 0.419 e. The molecular formula is C44H53F3N10O8S. The Balaban J connectivity index is 0.766. The molecule has 5 aliphatic rings. The summed E-state index contributed by atoms with van der Waals surface area (Å²) in [5, 5.41) is 19.6. The van der Waals surface area contributed by atoms with E-state index in [9.17, 15) is 45.9 Å². The molecule has 0 bridgehead atoms. The van der Waals surface area contributed by atoms with Crippen molar-refractivity contribution in [2.75, 3.05) is 51.2 Å². The number of aliphatic hydroxyl groups is 1. The number of nitrogens with zero attached hydrogens (tertiary/aromatic N) is 8. The first-order chi connectivity index (χ1) is 31.3. The van der Waals surface area contributed by atoms with Crippen LogP contribution in [0.5, 0.6) is 0 Å². The number of benzene rings is 1. The lowest BCUT2D eigenvalue weighted by atomic mass is 9.95. The lowest BCUT2D eigenvalue weighted by Gasteiger charge is -2.39. The maximum atomic E-state index is 14.0. The van der Waals surface area contributed by atoms with Gasteiger partial charge in [-0.3, -0.25) is 29.2 Å². The van der Waals surface area contributed by atoms with Crippen molar-refractivity contribution in [3.8, 4) is 23.1 Å². The molecule has 354 valence electrons. The van der Waals surface area contributed by atoms with Crippen LogP contribution in [0.3, 0.4) is 0 Å². The highest BCUT2D eigenvalue weighted by molar-refractivity contribution is 7.86. The molecular weight excluding hydrogens is 886 g/mol.